The highest BCUT2D eigenvalue weighted by Crippen LogP contribution is 2.31. The molecular weight excluding hydrogens is 400 g/mol. The highest BCUT2D eigenvalue weighted by Gasteiger charge is 2.14. The van der Waals surface area contributed by atoms with E-state index in [0.717, 1.165) is 5.56 Å². The largest absolute Gasteiger partial charge is 0.493 e. The summed E-state index contributed by atoms with van der Waals surface area (Å²) in [5.74, 6) is 1.25. The fraction of sp³-hybridized carbons (Fsp3) is 0.364. The summed E-state index contributed by atoms with van der Waals surface area (Å²) in [6, 6.07) is 7.87. The quantitative estimate of drug-likeness (QED) is 0.429. The molecule has 0 aliphatic carbocycles. The lowest BCUT2D eigenvalue weighted by atomic mass is 10.1. The Labute approximate surface area is 182 Å². The van der Waals surface area contributed by atoms with Gasteiger partial charge in [0.15, 0.2) is 0 Å². The maximum Gasteiger partial charge on any atom is 0.319 e. The first-order valence-corrected chi connectivity index (χ1v) is 10.1. The summed E-state index contributed by atoms with van der Waals surface area (Å²) in [5, 5.41) is 8.06. The van der Waals surface area contributed by atoms with Gasteiger partial charge in [-0.15, -0.1) is 0 Å². The van der Waals surface area contributed by atoms with Crippen molar-refractivity contribution in [1.82, 2.24) is 10.6 Å². The predicted octanol–water partition coefficient (Wildman–Crippen LogP) is 3.15. The molecule has 0 atom stereocenters. The minimum atomic E-state index is -0.441. The molecule has 0 saturated heterocycles. The summed E-state index contributed by atoms with van der Waals surface area (Å²) in [4.78, 5) is 24.6. The van der Waals surface area contributed by atoms with E-state index in [-0.39, 0.29) is 12.5 Å². The van der Waals surface area contributed by atoms with Crippen LogP contribution in [0.15, 0.2) is 30.3 Å². The number of anilines is 2. The minimum Gasteiger partial charge on any atom is -0.493 e. The number of amides is 3. The van der Waals surface area contributed by atoms with Crippen LogP contribution in [0.4, 0.5) is 16.2 Å². The van der Waals surface area contributed by atoms with Gasteiger partial charge in [-0.25, -0.2) is 4.79 Å². The number of nitrogens with one attached hydrogen (secondary N) is 3. The van der Waals surface area contributed by atoms with Crippen molar-refractivity contribution in [1.29, 1.82) is 0 Å². The number of carbonyl (C=O) groups excluding carboxylic acids is 2. The molecule has 0 heterocycles. The number of benzene rings is 2. The van der Waals surface area contributed by atoms with Gasteiger partial charge in [-0.05, 0) is 45.0 Å². The second-order valence-corrected chi connectivity index (χ2v) is 6.39. The lowest BCUT2D eigenvalue weighted by Gasteiger charge is -2.16. The Kier molecular flexibility index (Phi) is 8.80. The molecule has 0 aromatic heterocycles. The summed E-state index contributed by atoms with van der Waals surface area (Å²) < 4.78 is 16.6. The van der Waals surface area contributed by atoms with Crippen LogP contribution in [0.3, 0.4) is 0 Å². The van der Waals surface area contributed by atoms with Crippen molar-refractivity contribution in [3.05, 3.63) is 41.5 Å². The van der Waals surface area contributed by atoms with Crippen LogP contribution in [0.25, 0.3) is 0 Å². The lowest BCUT2D eigenvalue weighted by Crippen LogP contribution is -2.28. The van der Waals surface area contributed by atoms with Crippen molar-refractivity contribution in [2.24, 2.45) is 0 Å². The maximum atomic E-state index is 12.4. The fourth-order valence-corrected chi connectivity index (χ4v) is 2.88. The molecule has 3 amide bonds. The van der Waals surface area contributed by atoms with Gasteiger partial charge in [-0.3, -0.25) is 4.79 Å². The normalized spacial score (nSPS) is 10.2. The molecule has 0 fully saturated rings. The molecule has 2 aromatic carbocycles. The Morgan fingerprint density at radius 1 is 0.903 bits per heavy atom. The molecule has 5 N–H and O–H groups in total. The first-order valence-electron chi connectivity index (χ1n) is 10.1. The molecule has 31 heavy (non-hydrogen) atoms. The predicted molar refractivity (Wildman–Crippen MR) is 120 cm³/mol. The van der Waals surface area contributed by atoms with Crippen LogP contribution in [-0.2, 0) is 6.54 Å². The molecule has 0 aliphatic rings. The molecule has 9 nitrogen and oxygen atoms in total. The van der Waals surface area contributed by atoms with Crippen molar-refractivity contribution in [3.8, 4) is 17.2 Å². The number of nitrogen functional groups attached to an aromatic ring is 1. The second-order valence-electron chi connectivity index (χ2n) is 6.39. The van der Waals surface area contributed by atoms with Gasteiger partial charge in [0.25, 0.3) is 5.91 Å². The van der Waals surface area contributed by atoms with E-state index >= 15 is 0 Å². The summed E-state index contributed by atoms with van der Waals surface area (Å²) in [6.45, 7) is 7.11. The topological polar surface area (TPSA) is 124 Å². The third-order valence-corrected chi connectivity index (χ3v) is 4.24. The highest BCUT2D eigenvalue weighted by molar-refractivity contribution is 5.99. The van der Waals surface area contributed by atoms with Gasteiger partial charge in [0.1, 0.15) is 17.2 Å². The number of hydrogen-bond acceptors (Lipinski definition) is 6. The number of ether oxygens (including phenoxy) is 3. The third-order valence-electron chi connectivity index (χ3n) is 4.24. The minimum absolute atomic E-state index is 0.195. The van der Waals surface area contributed by atoms with E-state index in [1.807, 2.05) is 20.8 Å². The summed E-state index contributed by atoms with van der Waals surface area (Å²) in [7, 11) is 1.53. The molecule has 9 heteroatoms. The molecule has 0 aliphatic heterocycles. The molecule has 2 aromatic rings. The standard InChI is InChI=1S/C22H30N4O5/c1-5-29-18-9-8-15(11-16(18)21(27)24-4)26-22(28)25-13-14-10-20(31-7-3)17(23)12-19(14)30-6-2/h8-12H,5-7,13,23H2,1-4H3,(H,24,27)(H2,25,26,28). The zero-order valence-corrected chi connectivity index (χ0v) is 18.3. The monoisotopic (exact) mass is 430 g/mol. The third kappa shape index (κ3) is 6.43. The Morgan fingerprint density at radius 2 is 1.55 bits per heavy atom. The van der Waals surface area contributed by atoms with Gasteiger partial charge in [-0.1, -0.05) is 0 Å². The maximum absolute atomic E-state index is 12.4. The molecule has 0 radical (unpaired) electrons. The highest BCUT2D eigenvalue weighted by atomic mass is 16.5. The zero-order chi connectivity index (χ0) is 22.8. The first-order chi connectivity index (χ1) is 14.9. The van der Waals surface area contributed by atoms with E-state index < -0.39 is 6.03 Å². The van der Waals surface area contributed by atoms with E-state index in [9.17, 15) is 9.59 Å². The number of carbonyl (C=O) groups is 2. The van der Waals surface area contributed by atoms with Crippen LogP contribution in [0, 0.1) is 0 Å². The molecular formula is C22H30N4O5. The first kappa shape index (κ1) is 23.7. The number of hydrogen-bond donors (Lipinski definition) is 4. The van der Waals surface area contributed by atoms with Crippen molar-refractivity contribution >= 4 is 23.3 Å². The van der Waals surface area contributed by atoms with Gasteiger partial charge in [0.2, 0.25) is 0 Å². The van der Waals surface area contributed by atoms with Crippen molar-refractivity contribution in [2.45, 2.75) is 27.3 Å². The van der Waals surface area contributed by atoms with Crippen molar-refractivity contribution in [3.63, 3.8) is 0 Å². The summed E-state index contributed by atoms with van der Waals surface area (Å²) in [5.41, 5.74) is 7.99. The number of rotatable bonds is 10. The van der Waals surface area contributed by atoms with Crippen LogP contribution in [0.1, 0.15) is 36.7 Å². The van der Waals surface area contributed by atoms with Crippen LogP contribution in [0.2, 0.25) is 0 Å². The Balaban J connectivity index is 2.13. The van der Waals surface area contributed by atoms with Gasteiger partial charge in [-0.2, -0.15) is 0 Å². The van der Waals surface area contributed by atoms with Gasteiger partial charge in [0, 0.05) is 30.9 Å². The molecule has 0 bridgehead atoms. The van der Waals surface area contributed by atoms with Crippen LogP contribution in [0.5, 0.6) is 17.2 Å². The Bertz CT molecular complexity index is 917. The van der Waals surface area contributed by atoms with E-state index in [1.165, 1.54) is 7.05 Å². The van der Waals surface area contributed by atoms with E-state index in [2.05, 4.69) is 16.0 Å². The summed E-state index contributed by atoms with van der Waals surface area (Å²) in [6.07, 6.45) is 0. The summed E-state index contributed by atoms with van der Waals surface area (Å²) >= 11 is 0. The number of nitrogens with two attached hydrogens (primary N) is 1. The van der Waals surface area contributed by atoms with Crippen molar-refractivity contribution < 1.29 is 23.8 Å². The number of urea groups is 1. The SMILES string of the molecule is CCOc1cc(CNC(=O)Nc2ccc(OCC)c(C(=O)NC)c2)c(OCC)cc1N. The van der Waals surface area contributed by atoms with Gasteiger partial charge in [0.05, 0.1) is 31.1 Å². The van der Waals surface area contributed by atoms with Crippen LogP contribution >= 0.6 is 0 Å². The fourth-order valence-electron chi connectivity index (χ4n) is 2.88. The molecule has 0 unspecified atom stereocenters. The van der Waals surface area contributed by atoms with Gasteiger partial charge >= 0.3 is 6.03 Å². The molecule has 0 spiro atoms. The molecule has 2 rings (SSSR count). The van der Waals surface area contributed by atoms with Crippen LogP contribution < -0.4 is 35.9 Å². The lowest BCUT2D eigenvalue weighted by molar-refractivity contribution is 0.0959. The van der Waals surface area contributed by atoms with E-state index in [1.54, 1.807) is 30.3 Å². The zero-order valence-electron chi connectivity index (χ0n) is 18.3. The second kappa shape index (κ2) is 11.5. The Hall–Kier alpha value is -3.62. The average molecular weight is 431 g/mol. The van der Waals surface area contributed by atoms with Crippen LogP contribution in [-0.4, -0.2) is 38.8 Å². The smallest absolute Gasteiger partial charge is 0.319 e. The average Bonchev–Trinajstić information content (AvgIpc) is 2.75. The van der Waals surface area contributed by atoms with Crippen molar-refractivity contribution in [2.75, 3.05) is 37.9 Å². The molecule has 168 valence electrons. The molecule has 0 saturated carbocycles. The van der Waals surface area contributed by atoms with Gasteiger partial charge < -0.3 is 35.9 Å². The Morgan fingerprint density at radius 3 is 2.19 bits per heavy atom. The van der Waals surface area contributed by atoms with E-state index in [4.69, 9.17) is 19.9 Å². The van der Waals surface area contributed by atoms with E-state index in [0.29, 0.717) is 54.0 Å².